The lowest BCUT2D eigenvalue weighted by molar-refractivity contribution is 1.02. The van der Waals surface area contributed by atoms with Crippen molar-refractivity contribution in [3.05, 3.63) is 16.0 Å². The van der Waals surface area contributed by atoms with Crippen LogP contribution in [0.1, 0.15) is 13.3 Å². The highest BCUT2D eigenvalue weighted by atomic mass is 79.9. The summed E-state index contributed by atoms with van der Waals surface area (Å²) in [6, 6.07) is 0. The lowest BCUT2D eigenvalue weighted by atomic mass is 10.6. The molecule has 12 heavy (non-hydrogen) atoms. The van der Waals surface area contributed by atoms with E-state index >= 15 is 0 Å². The number of hydrogen-bond acceptors (Lipinski definition) is 3. The van der Waals surface area contributed by atoms with Crippen LogP contribution in [0.5, 0.6) is 0 Å². The third-order valence-corrected chi connectivity index (χ3v) is 3.88. The summed E-state index contributed by atoms with van der Waals surface area (Å²) in [7, 11) is 0. The highest BCUT2D eigenvalue weighted by Crippen LogP contribution is 2.29. The van der Waals surface area contributed by atoms with Crippen molar-refractivity contribution in [1.82, 2.24) is 9.97 Å². The quantitative estimate of drug-likeness (QED) is 0.620. The fraction of sp³-hybridized carbons (Fsp3) is 0.429. The summed E-state index contributed by atoms with van der Waals surface area (Å²) in [6.07, 6.45) is 2.60. The summed E-state index contributed by atoms with van der Waals surface area (Å²) < 4.78 is 0.796. The fourth-order valence-corrected chi connectivity index (χ4v) is 2.11. The zero-order chi connectivity index (χ0) is 8.97. The van der Waals surface area contributed by atoms with Crippen LogP contribution in [0.15, 0.2) is 15.8 Å². The van der Waals surface area contributed by atoms with Gasteiger partial charge in [0.1, 0.15) is 16.5 Å². The smallest absolute Gasteiger partial charge is 0.147 e. The highest BCUT2D eigenvalue weighted by molar-refractivity contribution is 9.10. The molecule has 0 fully saturated rings. The first-order chi connectivity index (χ1) is 5.75. The number of thioether (sulfide) groups is 1. The zero-order valence-corrected chi connectivity index (χ0v) is 9.71. The third kappa shape index (κ3) is 2.61. The normalized spacial score (nSPS) is 10.2. The molecule has 0 bridgehead atoms. The van der Waals surface area contributed by atoms with E-state index < -0.39 is 0 Å². The van der Waals surface area contributed by atoms with E-state index in [0.29, 0.717) is 5.15 Å². The fourth-order valence-electron chi connectivity index (χ4n) is 0.633. The Morgan fingerprint density at radius 3 is 3.00 bits per heavy atom. The van der Waals surface area contributed by atoms with Crippen molar-refractivity contribution in [1.29, 1.82) is 0 Å². The molecule has 1 heterocycles. The van der Waals surface area contributed by atoms with E-state index in [1.165, 1.54) is 6.33 Å². The Morgan fingerprint density at radius 1 is 1.58 bits per heavy atom. The van der Waals surface area contributed by atoms with Gasteiger partial charge in [-0.25, -0.2) is 9.97 Å². The number of halogens is 2. The minimum Gasteiger partial charge on any atom is -0.229 e. The molecule has 66 valence electrons. The summed E-state index contributed by atoms with van der Waals surface area (Å²) in [5.41, 5.74) is 0. The van der Waals surface area contributed by atoms with Crippen LogP contribution < -0.4 is 0 Å². The molecule has 0 saturated heterocycles. The first-order valence-electron chi connectivity index (χ1n) is 3.54. The molecule has 2 nitrogen and oxygen atoms in total. The summed E-state index contributed by atoms with van der Waals surface area (Å²) in [5, 5.41) is 1.39. The van der Waals surface area contributed by atoms with Crippen molar-refractivity contribution < 1.29 is 0 Å². The van der Waals surface area contributed by atoms with E-state index in [1.807, 2.05) is 0 Å². The van der Waals surface area contributed by atoms with Crippen molar-refractivity contribution in [2.45, 2.75) is 18.4 Å². The van der Waals surface area contributed by atoms with Gasteiger partial charge in [-0.3, -0.25) is 0 Å². The summed E-state index contributed by atoms with van der Waals surface area (Å²) >= 11 is 10.8. The topological polar surface area (TPSA) is 25.8 Å². The molecule has 0 amide bonds. The van der Waals surface area contributed by atoms with Crippen LogP contribution in [0.2, 0.25) is 5.15 Å². The second-order valence-electron chi connectivity index (χ2n) is 2.13. The van der Waals surface area contributed by atoms with Crippen molar-refractivity contribution in [2.24, 2.45) is 0 Å². The molecule has 1 aromatic heterocycles. The Kier molecular flexibility index (Phi) is 4.32. The van der Waals surface area contributed by atoms with E-state index in [-0.39, 0.29) is 0 Å². The van der Waals surface area contributed by atoms with Crippen LogP contribution in [0.4, 0.5) is 0 Å². The van der Waals surface area contributed by atoms with Crippen LogP contribution in [0.3, 0.4) is 0 Å². The first-order valence-corrected chi connectivity index (χ1v) is 5.70. The third-order valence-electron chi connectivity index (χ3n) is 1.16. The molecule has 0 atom stereocenters. The molecular weight excluding hydrogens is 260 g/mol. The van der Waals surface area contributed by atoms with Crippen LogP contribution in [-0.2, 0) is 0 Å². The number of rotatable bonds is 3. The summed E-state index contributed by atoms with van der Waals surface area (Å²) in [5.74, 6) is 1.05. The Labute approximate surface area is 89.3 Å². The van der Waals surface area contributed by atoms with E-state index in [0.717, 1.165) is 21.7 Å². The van der Waals surface area contributed by atoms with Crippen LogP contribution in [0, 0.1) is 0 Å². The van der Waals surface area contributed by atoms with Gasteiger partial charge in [0.25, 0.3) is 0 Å². The maximum Gasteiger partial charge on any atom is 0.147 e. The molecule has 0 aliphatic heterocycles. The Morgan fingerprint density at radius 2 is 2.33 bits per heavy atom. The van der Waals surface area contributed by atoms with Gasteiger partial charge < -0.3 is 0 Å². The zero-order valence-electron chi connectivity index (χ0n) is 6.55. The molecular formula is C7H8BrClN2S. The summed E-state index contributed by atoms with van der Waals surface area (Å²) in [6.45, 7) is 2.13. The average molecular weight is 268 g/mol. The number of aromatic nitrogens is 2. The summed E-state index contributed by atoms with van der Waals surface area (Å²) in [4.78, 5) is 7.94. The average Bonchev–Trinajstić information content (AvgIpc) is 2.08. The first kappa shape index (κ1) is 10.3. The molecule has 0 saturated carbocycles. The lowest BCUT2D eigenvalue weighted by Gasteiger charge is -2.01. The molecule has 0 aliphatic carbocycles. The second kappa shape index (κ2) is 5.04. The maximum atomic E-state index is 5.78. The minimum atomic E-state index is 0.476. The van der Waals surface area contributed by atoms with E-state index in [2.05, 4.69) is 32.8 Å². The van der Waals surface area contributed by atoms with Crippen LogP contribution in [-0.4, -0.2) is 15.7 Å². The van der Waals surface area contributed by atoms with Crippen LogP contribution >= 0.6 is 39.3 Å². The van der Waals surface area contributed by atoms with Crippen LogP contribution in [0.25, 0.3) is 0 Å². The van der Waals surface area contributed by atoms with Gasteiger partial charge in [-0.1, -0.05) is 18.5 Å². The Balaban J connectivity index is 2.78. The molecule has 0 aromatic carbocycles. The lowest BCUT2D eigenvalue weighted by Crippen LogP contribution is -1.87. The predicted octanol–water partition coefficient (Wildman–Crippen LogP) is 3.39. The van der Waals surface area contributed by atoms with Gasteiger partial charge in [-0.15, -0.1) is 11.8 Å². The van der Waals surface area contributed by atoms with Gasteiger partial charge in [0.15, 0.2) is 0 Å². The Hall–Kier alpha value is 0.200. The van der Waals surface area contributed by atoms with Gasteiger partial charge in [0.05, 0.1) is 4.47 Å². The van der Waals surface area contributed by atoms with Crippen molar-refractivity contribution in [2.75, 3.05) is 5.75 Å². The molecule has 5 heteroatoms. The van der Waals surface area contributed by atoms with Gasteiger partial charge in [-0.05, 0) is 28.1 Å². The van der Waals surface area contributed by atoms with E-state index in [4.69, 9.17) is 11.6 Å². The molecule has 0 unspecified atom stereocenters. The Bertz CT molecular complexity index is 270. The minimum absolute atomic E-state index is 0.476. The maximum absolute atomic E-state index is 5.78. The van der Waals surface area contributed by atoms with Crippen molar-refractivity contribution >= 4 is 39.3 Å². The molecule has 0 N–H and O–H groups in total. The number of nitrogens with zero attached hydrogens (tertiary/aromatic N) is 2. The van der Waals surface area contributed by atoms with E-state index in [9.17, 15) is 0 Å². The van der Waals surface area contributed by atoms with Gasteiger partial charge in [-0.2, -0.15) is 0 Å². The molecule has 0 spiro atoms. The van der Waals surface area contributed by atoms with Gasteiger partial charge in [0, 0.05) is 0 Å². The largest absolute Gasteiger partial charge is 0.229 e. The van der Waals surface area contributed by atoms with E-state index in [1.54, 1.807) is 11.8 Å². The highest BCUT2D eigenvalue weighted by Gasteiger charge is 2.05. The van der Waals surface area contributed by atoms with Crippen molar-refractivity contribution in [3.8, 4) is 0 Å². The molecule has 1 rings (SSSR count). The standard InChI is InChI=1S/C7H8BrClN2S/c1-2-3-12-7-5(8)6(9)10-4-11-7/h4H,2-3H2,1H3. The van der Waals surface area contributed by atoms with Gasteiger partial charge in [0.2, 0.25) is 0 Å². The van der Waals surface area contributed by atoms with Crippen molar-refractivity contribution in [3.63, 3.8) is 0 Å². The second-order valence-corrected chi connectivity index (χ2v) is 4.37. The SMILES string of the molecule is CCCSc1ncnc(Cl)c1Br. The molecule has 0 aliphatic rings. The van der Waals surface area contributed by atoms with Gasteiger partial charge >= 0.3 is 0 Å². The number of hydrogen-bond donors (Lipinski definition) is 0. The molecule has 0 radical (unpaired) electrons. The molecule has 1 aromatic rings. The predicted molar refractivity (Wildman–Crippen MR) is 55.8 cm³/mol. The monoisotopic (exact) mass is 266 g/mol.